The SMILES string of the molecule is CCN1CCc2nc(NC(=O)c3ccccc3S(=O)(=O)C(C)C)sc2C1. The number of nitrogens with zero attached hydrogens (tertiary/aromatic N) is 2. The Kier molecular flexibility index (Phi) is 5.45. The summed E-state index contributed by atoms with van der Waals surface area (Å²) in [5.41, 5.74) is 1.18. The predicted molar refractivity (Wildman–Crippen MR) is 103 cm³/mol. The summed E-state index contributed by atoms with van der Waals surface area (Å²) in [6.07, 6.45) is 0.869. The van der Waals surface area contributed by atoms with E-state index in [0.29, 0.717) is 5.13 Å². The molecular weight excluding hydrogens is 370 g/mol. The Bertz CT molecular complexity index is 920. The van der Waals surface area contributed by atoms with Crippen molar-refractivity contribution < 1.29 is 13.2 Å². The zero-order valence-corrected chi connectivity index (χ0v) is 16.8. The molecule has 0 bridgehead atoms. The molecule has 0 fully saturated rings. The monoisotopic (exact) mass is 393 g/mol. The van der Waals surface area contributed by atoms with Crippen molar-refractivity contribution >= 4 is 32.2 Å². The minimum atomic E-state index is -3.54. The molecule has 6 nitrogen and oxygen atoms in total. The summed E-state index contributed by atoms with van der Waals surface area (Å²) in [7, 11) is -3.54. The highest BCUT2D eigenvalue weighted by Gasteiger charge is 2.26. The quantitative estimate of drug-likeness (QED) is 0.845. The third kappa shape index (κ3) is 3.67. The van der Waals surface area contributed by atoms with Gasteiger partial charge in [0, 0.05) is 24.4 Å². The molecular formula is C18H23N3O3S2. The lowest BCUT2D eigenvalue weighted by Gasteiger charge is -2.23. The lowest BCUT2D eigenvalue weighted by Crippen LogP contribution is -2.29. The number of hydrogen-bond acceptors (Lipinski definition) is 6. The van der Waals surface area contributed by atoms with Crippen LogP contribution in [-0.2, 0) is 22.8 Å². The number of anilines is 1. The average Bonchev–Trinajstić information content (AvgIpc) is 3.02. The summed E-state index contributed by atoms with van der Waals surface area (Å²) in [4.78, 5) is 20.8. The summed E-state index contributed by atoms with van der Waals surface area (Å²) in [6.45, 7) is 8.14. The summed E-state index contributed by atoms with van der Waals surface area (Å²) >= 11 is 1.46. The number of hydrogen-bond donors (Lipinski definition) is 1. The first-order valence-electron chi connectivity index (χ1n) is 8.68. The van der Waals surface area contributed by atoms with E-state index in [-0.39, 0.29) is 10.5 Å². The van der Waals surface area contributed by atoms with Gasteiger partial charge in [-0.25, -0.2) is 13.4 Å². The maximum atomic E-state index is 12.7. The first kappa shape index (κ1) is 19.0. The van der Waals surface area contributed by atoms with Gasteiger partial charge in [-0.2, -0.15) is 0 Å². The molecule has 0 aliphatic carbocycles. The highest BCUT2D eigenvalue weighted by atomic mass is 32.2. The Morgan fingerprint density at radius 1 is 1.35 bits per heavy atom. The minimum absolute atomic E-state index is 0.0611. The maximum Gasteiger partial charge on any atom is 0.258 e. The lowest BCUT2D eigenvalue weighted by atomic mass is 10.2. The second-order valence-electron chi connectivity index (χ2n) is 6.55. The van der Waals surface area contributed by atoms with Crippen LogP contribution in [0.3, 0.4) is 0 Å². The molecule has 3 rings (SSSR count). The summed E-state index contributed by atoms with van der Waals surface area (Å²) in [5, 5.41) is 2.71. The molecule has 8 heteroatoms. The lowest BCUT2D eigenvalue weighted by molar-refractivity contribution is 0.102. The molecule has 1 aromatic heterocycles. The number of thiazole rings is 1. The Morgan fingerprint density at radius 2 is 2.08 bits per heavy atom. The number of carbonyl (C=O) groups excluding carboxylic acids is 1. The van der Waals surface area contributed by atoms with Crippen LogP contribution in [0.4, 0.5) is 5.13 Å². The van der Waals surface area contributed by atoms with E-state index in [4.69, 9.17) is 0 Å². The van der Waals surface area contributed by atoms with Crippen molar-refractivity contribution in [3.8, 4) is 0 Å². The van der Waals surface area contributed by atoms with Gasteiger partial charge in [-0.15, -0.1) is 11.3 Å². The van der Waals surface area contributed by atoms with Crippen molar-refractivity contribution in [1.82, 2.24) is 9.88 Å². The number of nitrogens with one attached hydrogen (secondary N) is 1. The molecule has 1 amide bonds. The third-order valence-electron chi connectivity index (χ3n) is 4.54. The number of likely N-dealkylation sites (N-methyl/N-ethyl adjacent to an activating group) is 1. The van der Waals surface area contributed by atoms with Gasteiger partial charge in [0.2, 0.25) is 0 Å². The van der Waals surface area contributed by atoms with Gasteiger partial charge in [-0.05, 0) is 32.5 Å². The van der Waals surface area contributed by atoms with E-state index >= 15 is 0 Å². The van der Waals surface area contributed by atoms with Gasteiger partial charge in [0.25, 0.3) is 5.91 Å². The number of benzene rings is 1. The van der Waals surface area contributed by atoms with Gasteiger partial charge in [0.05, 0.1) is 21.4 Å². The zero-order chi connectivity index (χ0) is 18.9. The van der Waals surface area contributed by atoms with E-state index in [1.165, 1.54) is 23.5 Å². The van der Waals surface area contributed by atoms with E-state index < -0.39 is 21.0 Å². The number of aromatic nitrogens is 1. The fourth-order valence-electron chi connectivity index (χ4n) is 2.89. The Hall–Kier alpha value is -1.77. The molecule has 0 spiro atoms. The molecule has 2 aromatic rings. The highest BCUT2D eigenvalue weighted by Crippen LogP contribution is 2.29. The fourth-order valence-corrected chi connectivity index (χ4v) is 5.18. The van der Waals surface area contributed by atoms with Crippen LogP contribution in [-0.4, -0.2) is 42.5 Å². The second-order valence-corrected chi connectivity index (χ2v) is 10.1. The van der Waals surface area contributed by atoms with Crippen LogP contribution >= 0.6 is 11.3 Å². The van der Waals surface area contributed by atoms with Crippen LogP contribution in [0.15, 0.2) is 29.2 Å². The van der Waals surface area contributed by atoms with E-state index in [9.17, 15) is 13.2 Å². The van der Waals surface area contributed by atoms with Crippen molar-refractivity contribution in [2.24, 2.45) is 0 Å². The molecule has 0 saturated heterocycles. The third-order valence-corrected chi connectivity index (χ3v) is 7.74. The van der Waals surface area contributed by atoms with Crippen LogP contribution in [0.2, 0.25) is 0 Å². The van der Waals surface area contributed by atoms with Gasteiger partial charge in [0.15, 0.2) is 15.0 Å². The number of amides is 1. The molecule has 0 radical (unpaired) electrons. The predicted octanol–water partition coefficient (Wildman–Crippen LogP) is 2.96. The van der Waals surface area contributed by atoms with Gasteiger partial charge in [-0.1, -0.05) is 19.1 Å². The fraction of sp³-hybridized carbons (Fsp3) is 0.444. The topological polar surface area (TPSA) is 79.4 Å². The van der Waals surface area contributed by atoms with Crippen LogP contribution in [0.5, 0.6) is 0 Å². The highest BCUT2D eigenvalue weighted by molar-refractivity contribution is 7.92. The zero-order valence-electron chi connectivity index (χ0n) is 15.2. The number of carbonyl (C=O) groups is 1. The Balaban J connectivity index is 1.85. The molecule has 2 heterocycles. The standard InChI is InChI=1S/C18H23N3O3S2/c1-4-21-10-9-14-15(11-21)25-18(19-14)20-17(22)13-7-5-6-8-16(13)26(23,24)12(2)3/h5-8,12H,4,9-11H2,1-3H3,(H,19,20,22). The molecule has 1 aliphatic rings. The van der Waals surface area contributed by atoms with Crippen LogP contribution < -0.4 is 5.32 Å². The first-order valence-corrected chi connectivity index (χ1v) is 11.0. The summed E-state index contributed by atoms with van der Waals surface area (Å²) in [5.74, 6) is -0.441. The molecule has 1 aliphatic heterocycles. The maximum absolute atomic E-state index is 12.7. The van der Waals surface area contributed by atoms with Crippen molar-refractivity contribution in [3.63, 3.8) is 0 Å². The molecule has 0 atom stereocenters. The summed E-state index contributed by atoms with van der Waals surface area (Å²) < 4.78 is 25.1. The van der Waals surface area contributed by atoms with Crippen molar-refractivity contribution in [3.05, 3.63) is 40.4 Å². The Labute approximate surface area is 158 Å². The van der Waals surface area contributed by atoms with Crippen LogP contribution in [0, 0.1) is 0 Å². The summed E-state index contributed by atoms with van der Waals surface area (Å²) in [6, 6.07) is 6.32. The smallest absolute Gasteiger partial charge is 0.258 e. The molecule has 1 aromatic carbocycles. The van der Waals surface area contributed by atoms with Gasteiger partial charge in [-0.3, -0.25) is 15.0 Å². The molecule has 0 unspecified atom stereocenters. The minimum Gasteiger partial charge on any atom is -0.298 e. The van der Waals surface area contributed by atoms with Crippen molar-refractivity contribution in [2.75, 3.05) is 18.4 Å². The normalized spacial score (nSPS) is 15.1. The number of sulfone groups is 1. The van der Waals surface area contributed by atoms with E-state index in [1.54, 1.807) is 26.0 Å². The first-order chi connectivity index (χ1) is 12.3. The van der Waals surface area contributed by atoms with E-state index in [1.807, 2.05) is 0 Å². The van der Waals surface area contributed by atoms with Crippen LogP contribution in [0.1, 0.15) is 41.7 Å². The number of fused-ring (bicyclic) bond motifs is 1. The van der Waals surface area contributed by atoms with E-state index in [2.05, 4.69) is 22.1 Å². The van der Waals surface area contributed by atoms with E-state index in [0.717, 1.165) is 36.6 Å². The largest absolute Gasteiger partial charge is 0.298 e. The molecule has 1 N–H and O–H groups in total. The van der Waals surface area contributed by atoms with Crippen molar-refractivity contribution in [1.29, 1.82) is 0 Å². The van der Waals surface area contributed by atoms with Gasteiger partial charge >= 0.3 is 0 Å². The second kappa shape index (κ2) is 7.46. The molecule has 0 saturated carbocycles. The molecule has 140 valence electrons. The van der Waals surface area contributed by atoms with Crippen LogP contribution in [0.25, 0.3) is 0 Å². The molecule has 26 heavy (non-hydrogen) atoms. The number of rotatable bonds is 5. The van der Waals surface area contributed by atoms with Gasteiger partial charge < -0.3 is 0 Å². The Morgan fingerprint density at radius 3 is 2.77 bits per heavy atom. The van der Waals surface area contributed by atoms with Gasteiger partial charge in [0.1, 0.15) is 0 Å². The van der Waals surface area contributed by atoms with Crippen molar-refractivity contribution in [2.45, 2.75) is 43.9 Å². The average molecular weight is 394 g/mol.